The Morgan fingerprint density at radius 3 is 2.55 bits per heavy atom. The molecule has 1 fully saturated rings. The number of likely N-dealkylation sites (tertiary alicyclic amines) is 1. The molecule has 15 heteroatoms. The lowest BCUT2D eigenvalue weighted by Gasteiger charge is -2.36. The molecule has 2 N–H and O–H groups in total. The van der Waals surface area contributed by atoms with E-state index in [1.807, 2.05) is 49.6 Å². The number of piperidine rings is 1. The van der Waals surface area contributed by atoms with Crippen LogP contribution in [0.4, 0.5) is 20.4 Å². The van der Waals surface area contributed by atoms with E-state index in [9.17, 15) is 18.4 Å². The number of imidazole rings is 1. The van der Waals surface area contributed by atoms with Crippen molar-refractivity contribution in [2.45, 2.75) is 52.6 Å². The average Bonchev–Trinajstić information content (AvgIpc) is 3.62. The van der Waals surface area contributed by atoms with Crippen molar-refractivity contribution < 1.29 is 32.0 Å². The van der Waals surface area contributed by atoms with Gasteiger partial charge in [-0.3, -0.25) is 14.0 Å². The first-order chi connectivity index (χ1) is 28.1. The van der Waals surface area contributed by atoms with Gasteiger partial charge in [0, 0.05) is 37.4 Å². The van der Waals surface area contributed by atoms with Gasteiger partial charge in [-0.15, -0.1) is 0 Å². The molecule has 58 heavy (non-hydrogen) atoms. The third-order valence-electron chi connectivity index (χ3n) is 10.2. The molecule has 1 unspecified atom stereocenters. The molecule has 3 aromatic heterocycles. The predicted molar refractivity (Wildman–Crippen MR) is 220 cm³/mol. The minimum Gasteiger partial charge on any atom is -0.492 e. The lowest BCUT2D eigenvalue weighted by molar-refractivity contribution is -0.133. The Morgan fingerprint density at radius 2 is 1.81 bits per heavy atom. The van der Waals surface area contributed by atoms with Crippen LogP contribution in [0.3, 0.4) is 0 Å². The van der Waals surface area contributed by atoms with E-state index in [1.54, 1.807) is 30.5 Å². The molecule has 4 heterocycles. The molecule has 12 nitrogen and oxygen atoms in total. The molecule has 1 amide bonds. The Kier molecular flexibility index (Phi) is 12.7. The van der Waals surface area contributed by atoms with Crippen LogP contribution in [0.1, 0.15) is 56.8 Å². The summed E-state index contributed by atoms with van der Waals surface area (Å²) in [7, 11) is 0. The van der Waals surface area contributed by atoms with Gasteiger partial charge in [-0.1, -0.05) is 18.2 Å². The molecule has 302 valence electrons. The van der Waals surface area contributed by atoms with Gasteiger partial charge >= 0.3 is 5.97 Å². The highest BCUT2D eigenvalue weighted by Crippen LogP contribution is 2.37. The summed E-state index contributed by atoms with van der Waals surface area (Å²) < 4.78 is 47.7. The number of ether oxygens (including phenoxy) is 2. The number of halogens is 2. The van der Waals surface area contributed by atoms with Gasteiger partial charge in [-0.2, -0.15) is 0 Å². The van der Waals surface area contributed by atoms with E-state index in [1.165, 1.54) is 6.07 Å². The number of nitrogens with one attached hydrogen (secondary N) is 2. The lowest BCUT2D eigenvalue weighted by atomic mass is 9.80. The molecule has 2 aliphatic rings. The second kappa shape index (κ2) is 18.2. The van der Waals surface area contributed by atoms with E-state index in [2.05, 4.69) is 49.8 Å². The molecule has 0 spiro atoms. The summed E-state index contributed by atoms with van der Waals surface area (Å²) in [4.78, 5) is 42.0. The normalized spacial score (nSPS) is 16.2. The van der Waals surface area contributed by atoms with Crippen molar-refractivity contribution in [2.24, 2.45) is 11.8 Å². The third kappa shape index (κ3) is 9.16. The Bertz CT molecular complexity index is 2340. The maximum Gasteiger partial charge on any atom is 0.318 e. The van der Waals surface area contributed by atoms with Gasteiger partial charge in [0.15, 0.2) is 0 Å². The Labute approximate surface area is 341 Å². The molecule has 2 aromatic carbocycles. The van der Waals surface area contributed by atoms with Crippen LogP contribution in [-0.2, 0) is 13.7 Å². The number of pyridine rings is 1. The number of aromatic nitrogens is 4. The maximum atomic E-state index is 14.6. The molecule has 0 bridgehead atoms. The van der Waals surface area contributed by atoms with Gasteiger partial charge < -0.3 is 29.2 Å². The maximum absolute atomic E-state index is 14.6. The summed E-state index contributed by atoms with van der Waals surface area (Å²) in [6.45, 7) is 8.57. The second-order valence-corrected chi connectivity index (χ2v) is 14.6. The van der Waals surface area contributed by atoms with Gasteiger partial charge in [-0.05, 0) is 120 Å². The minimum absolute atomic E-state index is 0.0704. The number of carbonyl (C=O) groups is 2. The summed E-state index contributed by atoms with van der Waals surface area (Å²) in [6.07, 6.45) is 10.8. The predicted octanol–water partition coefficient (Wildman–Crippen LogP) is 8.50. The minimum atomic E-state index is -0.900. The number of carbonyl (C=O) groups excluding carboxylic acids is 2. The van der Waals surface area contributed by atoms with Crippen LogP contribution in [0.5, 0.6) is 5.75 Å². The van der Waals surface area contributed by atoms with Crippen molar-refractivity contribution in [3.63, 3.8) is 0 Å². The first-order valence-corrected chi connectivity index (χ1v) is 19.7. The Balaban J connectivity index is 1.16. The molecule has 1 atom stereocenters. The van der Waals surface area contributed by atoms with Crippen molar-refractivity contribution in [3.8, 4) is 28.4 Å². The molecular weight excluding hydrogens is 765 g/mol. The zero-order valence-electron chi connectivity index (χ0n) is 32.5. The van der Waals surface area contributed by atoms with Crippen LogP contribution in [-0.4, -0.2) is 68.5 Å². The number of nitrogens with zero attached hydrogens (tertiary/aromatic N) is 5. The highest BCUT2D eigenvalue weighted by molar-refractivity contribution is 7.75. The fourth-order valence-corrected chi connectivity index (χ4v) is 7.54. The van der Waals surface area contributed by atoms with Gasteiger partial charge in [0.1, 0.15) is 34.5 Å². The number of amides is 1. The summed E-state index contributed by atoms with van der Waals surface area (Å²) in [5.74, 6) is -0.746. The number of rotatable bonds is 14. The average molecular weight is 810 g/mol. The number of hydrogen-bond donors (Lipinski definition) is 3. The monoisotopic (exact) mass is 809 g/mol. The standard InChI is InChI=1S/C43H45F2N7O5S/c1-4-55-36-25-28(27-16-21-51(22-17-27)23-18-38(53)57-58)11-13-33(36)47-43-46-19-15-34(48-43)41-39(49-37-10-5-6-20-52(37)41)29-12-14-35(56-26(2)3)30(24-29)42(54)50-40-31(44)8-7-9-32(40)45/h5-10,12-15,19-20,24-28,58H,4,11,16-18,21-23H2,1-3H3,(H,50,54)(H,46,47,48). The quantitative estimate of drug-likeness (QED) is 0.0741. The SMILES string of the molecule is CCOC1=CC(C2CCN(CCC(=O)OS)CC2)CC=C1Nc1nccc(-c2c(-c3ccc(OC(C)C)c(C(=O)Nc4c(F)cccc4F)c3)nc3ccccn23)n1. The number of hydrogen-bond acceptors (Lipinski definition) is 11. The molecule has 1 aliphatic heterocycles. The van der Waals surface area contributed by atoms with Crippen LogP contribution < -0.4 is 15.4 Å². The molecule has 0 radical (unpaired) electrons. The van der Waals surface area contributed by atoms with Crippen LogP contribution in [0.25, 0.3) is 28.3 Å². The highest BCUT2D eigenvalue weighted by atomic mass is 32.1. The summed E-state index contributed by atoms with van der Waals surface area (Å²) in [6, 6.07) is 15.8. The zero-order valence-corrected chi connectivity index (χ0v) is 33.3. The number of thiol groups is 1. The van der Waals surface area contributed by atoms with E-state index >= 15 is 0 Å². The largest absolute Gasteiger partial charge is 0.492 e. The number of allylic oxidation sites excluding steroid dienone is 2. The van der Waals surface area contributed by atoms with E-state index in [-0.39, 0.29) is 23.4 Å². The van der Waals surface area contributed by atoms with Gasteiger partial charge in [0.05, 0.1) is 47.5 Å². The van der Waals surface area contributed by atoms with Crippen LogP contribution in [0.2, 0.25) is 0 Å². The van der Waals surface area contributed by atoms with Crippen molar-refractivity contribution in [2.75, 3.05) is 36.9 Å². The fourth-order valence-electron chi connectivity index (χ4n) is 7.45. The first kappa shape index (κ1) is 40.4. The topological polar surface area (TPSA) is 132 Å². The number of benzene rings is 2. The molecule has 7 rings (SSSR count). The molecule has 5 aromatic rings. The smallest absolute Gasteiger partial charge is 0.318 e. The first-order valence-electron chi connectivity index (χ1n) is 19.4. The Morgan fingerprint density at radius 1 is 1.02 bits per heavy atom. The van der Waals surface area contributed by atoms with Crippen molar-refractivity contribution in [3.05, 3.63) is 114 Å². The molecule has 1 aliphatic carbocycles. The van der Waals surface area contributed by atoms with Crippen molar-refractivity contribution >= 4 is 42.1 Å². The van der Waals surface area contributed by atoms with E-state index in [0.717, 1.165) is 55.9 Å². The molecule has 1 saturated heterocycles. The zero-order chi connectivity index (χ0) is 40.8. The van der Waals surface area contributed by atoms with E-state index in [0.29, 0.717) is 65.6 Å². The van der Waals surface area contributed by atoms with Gasteiger partial charge in [0.25, 0.3) is 5.91 Å². The fraction of sp³-hybridized carbons (Fsp3) is 0.326. The summed E-state index contributed by atoms with van der Waals surface area (Å²) in [5.41, 5.74) is 3.18. The van der Waals surface area contributed by atoms with Crippen molar-refractivity contribution in [1.82, 2.24) is 24.3 Å². The van der Waals surface area contributed by atoms with E-state index < -0.39 is 23.2 Å². The molecule has 0 saturated carbocycles. The highest BCUT2D eigenvalue weighted by Gasteiger charge is 2.29. The third-order valence-corrected chi connectivity index (χ3v) is 10.4. The Hall–Kier alpha value is -5.80. The molecular formula is C43H45F2N7O5S. The van der Waals surface area contributed by atoms with Crippen LogP contribution in [0, 0.1) is 23.5 Å². The van der Waals surface area contributed by atoms with Crippen molar-refractivity contribution in [1.29, 1.82) is 0 Å². The number of fused-ring (bicyclic) bond motifs is 1. The number of para-hydroxylation sites is 1. The summed E-state index contributed by atoms with van der Waals surface area (Å²) >= 11 is 3.61. The lowest BCUT2D eigenvalue weighted by Crippen LogP contribution is -2.37. The van der Waals surface area contributed by atoms with E-state index in [4.69, 9.17) is 19.4 Å². The van der Waals surface area contributed by atoms with Gasteiger partial charge in [0.2, 0.25) is 5.95 Å². The second-order valence-electron chi connectivity index (χ2n) is 14.4. The van der Waals surface area contributed by atoms with Crippen LogP contribution >= 0.6 is 12.9 Å². The van der Waals surface area contributed by atoms with Crippen LogP contribution in [0.15, 0.2) is 96.7 Å². The number of anilines is 2. The summed E-state index contributed by atoms with van der Waals surface area (Å²) in [5, 5.41) is 5.79. The van der Waals surface area contributed by atoms with Gasteiger partial charge in [-0.25, -0.2) is 23.7 Å².